The molecule has 0 aromatic heterocycles. The van der Waals surface area contributed by atoms with E-state index in [2.05, 4.69) is 181 Å². The molecule has 3 heteroatoms. The second kappa shape index (κ2) is 10.6. The summed E-state index contributed by atoms with van der Waals surface area (Å²) in [5.74, 6) is 0. The summed E-state index contributed by atoms with van der Waals surface area (Å²) in [4.78, 5) is 2.55. The van der Waals surface area contributed by atoms with Gasteiger partial charge in [0.2, 0.25) is 13.4 Å². The van der Waals surface area contributed by atoms with E-state index in [9.17, 15) is 0 Å². The average molecular weight is 569 g/mol. The minimum absolute atomic E-state index is 0.123. The highest BCUT2D eigenvalue weighted by Gasteiger charge is 2.43. The fraction of sp³-hybridized carbons (Fsp3) is 0. The van der Waals surface area contributed by atoms with Gasteiger partial charge in [0.15, 0.2) is 0 Å². The monoisotopic (exact) mass is 569 g/mol. The maximum absolute atomic E-state index is 2.55. The molecular formula is C42H29B2N. The largest absolute Gasteiger partial charge is 0.313 e. The molecule has 0 radical (unpaired) electrons. The van der Waals surface area contributed by atoms with E-state index in [4.69, 9.17) is 0 Å². The van der Waals surface area contributed by atoms with E-state index >= 15 is 0 Å². The quantitative estimate of drug-likeness (QED) is 0.230. The molecule has 7 aromatic rings. The van der Waals surface area contributed by atoms with Crippen molar-refractivity contribution in [3.63, 3.8) is 0 Å². The second-order valence-corrected chi connectivity index (χ2v) is 12.1. The lowest BCUT2D eigenvalue weighted by Gasteiger charge is -2.44. The highest BCUT2D eigenvalue weighted by molar-refractivity contribution is 7.02. The van der Waals surface area contributed by atoms with Gasteiger partial charge in [-0.25, -0.2) is 0 Å². The zero-order valence-corrected chi connectivity index (χ0v) is 24.8. The molecule has 2 heterocycles. The van der Waals surface area contributed by atoms with Crippen molar-refractivity contribution in [2.75, 3.05) is 4.90 Å². The third kappa shape index (κ3) is 4.19. The predicted octanol–water partition coefficient (Wildman–Crippen LogP) is 6.15. The summed E-state index contributed by atoms with van der Waals surface area (Å²) in [5, 5.41) is 0. The topological polar surface area (TPSA) is 3.24 Å². The van der Waals surface area contributed by atoms with Crippen LogP contribution in [0.1, 0.15) is 0 Å². The molecule has 2 aliphatic rings. The molecule has 0 atom stereocenters. The highest BCUT2D eigenvalue weighted by atomic mass is 15.2. The van der Waals surface area contributed by atoms with Crippen molar-refractivity contribution in [3.05, 3.63) is 176 Å². The number of hydrogen-bond acceptors (Lipinski definition) is 1. The van der Waals surface area contributed by atoms with Crippen LogP contribution in [0.25, 0.3) is 22.3 Å². The summed E-state index contributed by atoms with van der Waals surface area (Å²) < 4.78 is 0. The normalized spacial score (nSPS) is 12.8. The lowest BCUT2D eigenvalue weighted by Crippen LogP contribution is -2.65. The van der Waals surface area contributed by atoms with E-state index in [-0.39, 0.29) is 13.4 Å². The van der Waals surface area contributed by atoms with Gasteiger partial charge in [-0.15, -0.1) is 0 Å². The Morgan fingerprint density at radius 2 is 0.711 bits per heavy atom. The Morgan fingerprint density at radius 3 is 1.13 bits per heavy atom. The fourth-order valence-corrected chi connectivity index (χ4v) is 7.62. The number of rotatable bonds is 4. The van der Waals surface area contributed by atoms with Crippen molar-refractivity contribution >= 4 is 63.3 Å². The Kier molecular flexibility index (Phi) is 6.09. The molecule has 0 fully saturated rings. The molecule has 208 valence electrons. The lowest BCUT2D eigenvalue weighted by molar-refractivity contribution is 1.30. The SMILES string of the molecule is c1ccc(B2c3cc(-c4ccccc4)ccc3N3c4ccc(-c5ccccc5)cc4B(c4ccccc4)c4cccc2c43)cc1. The zero-order valence-electron chi connectivity index (χ0n) is 24.8. The zero-order chi connectivity index (χ0) is 29.7. The maximum Gasteiger partial charge on any atom is 0.246 e. The number of fused-ring (bicyclic) bond motifs is 4. The highest BCUT2D eigenvalue weighted by Crippen LogP contribution is 2.39. The molecule has 0 unspecified atom stereocenters. The number of hydrogen-bond donors (Lipinski definition) is 0. The van der Waals surface area contributed by atoms with E-state index in [1.807, 2.05) is 0 Å². The average Bonchev–Trinajstić information content (AvgIpc) is 3.12. The predicted molar refractivity (Wildman–Crippen MR) is 194 cm³/mol. The molecule has 0 aliphatic carbocycles. The van der Waals surface area contributed by atoms with Crippen LogP contribution in [-0.4, -0.2) is 13.4 Å². The van der Waals surface area contributed by atoms with Crippen LogP contribution < -0.4 is 37.7 Å². The summed E-state index contributed by atoms with van der Waals surface area (Å²) in [6.45, 7) is 0.246. The van der Waals surface area contributed by atoms with Gasteiger partial charge >= 0.3 is 0 Å². The molecule has 2 aliphatic heterocycles. The lowest BCUT2D eigenvalue weighted by atomic mass is 9.30. The summed E-state index contributed by atoms with van der Waals surface area (Å²) in [6, 6.07) is 64.7. The number of benzene rings is 7. The maximum atomic E-state index is 2.55. The standard InChI is InChI=1S/C42H29B2N/c1-5-14-30(15-6-1)32-24-26-40-38(28-32)43(34-18-9-3-10-19-34)36-22-13-23-37-42(36)45(40)41-27-25-33(31-16-7-2-8-17-31)29-39(41)44(37)35-20-11-4-12-21-35/h1-29H. The van der Waals surface area contributed by atoms with Crippen molar-refractivity contribution < 1.29 is 0 Å². The molecule has 0 saturated heterocycles. The molecule has 0 saturated carbocycles. The summed E-state index contributed by atoms with van der Waals surface area (Å²) in [6.07, 6.45) is 0. The van der Waals surface area contributed by atoms with Crippen molar-refractivity contribution in [3.8, 4) is 22.3 Å². The molecule has 0 spiro atoms. The van der Waals surface area contributed by atoms with Gasteiger partial charge in [0.05, 0.1) is 0 Å². The Morgan fingerprint density at radius 1 is 0.311 bits per heavy atom. The minimum atomic E-state index is 0.123. The molecular weight excluding hydrogens is 540 g/mol. The Bertz CT molecular complexity index is 2010. The molecule has 7 aromatic carbocycles. The second-order valence-electron chi connectivity index (χ2n) is 12.1. The van der Waals surface area contributed by atoms with Crippen molar-refractivity contribution in [2.45, 2.75) is 0 Å². The Labute approximate surface area is 265 Å². The minimum Gasteiger partial charge on any atom is -0.313 e. The molecule has 0 N–H and O–H groups in total. The first-order valence-corrected chi connectivity index (χ1v) is 15.8. The van der Waals surface area contributed by atoms with E-state index in [1.165, 1.54) is 72.1 Å². The molecule has 1 nitrogen and oxygen atoms in total. The van der Waals surface area contributed by atoms with Gasteiger partial charge in [0, 0.05) is 17.1 Å². The first-order chi connectivity index (χ1) is 22.3. The van der Waals surface area contributed by atoms with Gasteiger partial charge in [-0.3, -0.25) is 0 Å². The summed E-state index contributed by atoms with van der Waals surface area (Å²) >= 11 is 0. The van der Waals surface area contributed by atoms with Crippen molar-refractivity contribution in [1.82, 2.24) is 0 Å². The van der Waals surface area contributed by atoms with Gasteiger partial charge in [0.1, 0.15) is 0 Å². The fourth-order valence-electron chi connectivity index (χ4n) is 7.62. The molecule has 45 heavy (non-hydrogen) atoms. The van der Waals surface area contributed by atoms with Gasteiger partial charge in [0.25, 0.3) is 0 Å². The Hall–Kier alpha value is -5.53. The van der Waals surface area contributed by atoms with Crippen LogP contribution in [0.2, 0.25) is 0 Å². The van der Waals surface area contributed by atoms with Crippen molar-refractivity contribution in [1.29, 1.82) is 0 Å². The van der Waals surface area contributed by atoms with Crippen LogP contribution in [0, 0.1) is 0 Å². The first-order valence-electron chi connectivity index (χ1n) is 15.8. The number of para-hydroxylation sites is 1. The van der Waals surface area contributed by atoms with Crippen LogP contribution in [0.15, 0.2) is 176 Å². The van der Waals surface area contributed by atoms with Crippen LogP contribution in [0.4, 0.5) is 17.1 Å². The third-order valence-corrected chi connectivity index (χ3v) is 9.58. The molecule has 9 rings (SSSR count). The van der Waals surface area contributed by atoms with Crippen LogP contribution >= 0.6 is 0 Å². The first kappa shape index (κ1) is 25.9. The third-order valence-electron chi connectivity index (χ3n) is 9.58. The molecule has 0 bridgehead atoms. The van der Waals surface area contributed by atoms with Crippen LogP contribution in [0.3, 0.4) is 0 Å². The smallest absolute Gasteiger partial charge is 0.246 e. The Balaban J connectivity index is 1.34. The van der Waals surface area contributed by atoms with Gasteiger partial charge in [-0.2, -0.15) is 0 Å². The molecule has 0 amide bonds. The van der Waals surface area contributed by atoms with E-state index in [1.54, 1.807) is 0 Å². The van der Waals surface area contributed by atoms with Crippen molar-refractivity contribution in [2.24, 2.45) is 0 Å². The number of anilines is 3. The van der Waals surface area contributed by atoms with E-state index in [0.717, 1.165) is 0 Å². The van der Waals surface area contributed by atoms with E-state index in [0.29, 0.717) is 0 Å². The van der Waals surface area contributed by atoms with Gasteiger partial charge in [-0.05, 0) is 56.2 Å². The van der Waals surface area contributed by atoms with Gasteiger partial charge < -0.3 is 4.90 Å². The summed E-state index contributed by atoms with van der Waals surface area (Å²) in [5.41, 5.74) is 16.8. The van der Waals surface area contributed by atoms with Crippen LogP contribution in [-0.2, 0) is 0 Å². The number of nitrogens with zero attached hydrogens (tertiary/aromatic N) is 1. The summed E-state index contributed by atoms with van der Waals surface area (Å²) in [7, 11) is 0. The van der Waals surface area contributed by atoms with Crippen LogP contribution in [0.5, 0.6) is 0 Å². The van der Waals surface area contributed by atoms with E-state index < -0.39 is 0 Å². The van der Waals surface area contributed by atoms with Gasteiger partial charge in [-0.1, -0.05) is 175 Å².